The largest absolute Gasteiger partial charge is 0.355 e. The Morgan fingerprint density at radius 2 is 1.85 bits per heavy atom. The molecule has 0 aliphatic rings. The first-order valence-corrected chi connectivity index (χ1v) is 9.77. The van der Waals surface area contributed by atoms with Crippen molar-refractivity contribution in [2.45, 2.75) is 11.6 Å². The molecule has 0 radical (unpaired) electrons. The minimum absolute atomic E-state index is 0.110. The smallest absolute Gasteiger partial charge is 0.252 e. The summed E-state index contributed by atoms with van der Waals surface area (Å²) in [5, 5.41) is 3.98. The average molecular weight is 400 g/mol. The van der Waals surface area contributed by atoms with Crippen molar-refractivity contribution in [3.8, 4) is 11.3 Å². The van der Waals surface area contributed by atoms with Crippen LogP contribution in [0.5, 0.6) is 0 Å². The Hall–Kier alpha value is -2.57. The molecule has 0 atom stereocenters. The third-order valence-electron chi connectivity index (χ3n) is 3.78. The predicted molar refractivity (Wildman–Crippen MR) is 109 cm³/mol. The van der Waals surface area contributed by atoms with Gasteiger partial charge in [0.15, 0.2) is 5.16 Å². The number of aromatic nitrogens is 2. The van der Waals surface area contributed by atoms with E-state index >= 15 is 0 Å². The number of benzene rings is 2. The first-order valence-electron chi connectivity index (χ1n) is 8.41. The van der Waals surface area contributed by atoms with E-state index in [2.05, 4.69) is 15.3 Å². The minimum atomic E-state index is -0.241. The monoisotopic (exact) mass is 399 g/mol. The molecule has 0 fully saturated rings. The highest BCUT2D eigenvalue weighted by molar-refractivity contribution is 7.99. The first-order chi connectivity index (χ1) is 13.1. The van der Waals surface area contributed by atoms with Crippen LogP contribution in [0.15, 0.2) is 70.6 Å². The van der Waals surface area contributed by atoms with E-state index in [1.54, 1.807) is 0 Å². The minimum Gasteiger partial charge on any atom is -0.355 e. The number of H-pyrrole nitrogens is 1. The van der Waals surface area contributed by atoms with Crippen molar-refractivity contribution in [2.75, 3.05) is 12.3 Å². The summed E-state index contributed by atoms with van der Waals surface area (Å²) in [4.78, 5) is 31.0. The van der Waals surface area contributed by atoms with Crippen LogP contribution in [0, 0.1) is 0 Å². The van der Waals surface area contributed by atoms with Gasteiger partial charge in [0, 0.05) is 23.2 Å². The Bertz CT molecular complexity index is 959. The van der Waals surface area contributed by atoms with Crippen LogP contribution in [-0.2, 0) is 11.2 Å². The average Bonchev–Trinajstić information content (AvgIpc) is 2.68. The number of amides is 1. The van der Waals surface area contributed by atoms with Crippen molar-refractivity contribution in [1.82, 2.24) is 15.3 Å². The van der Waals surface area contributed by atoms with Gasteiger partial charge in [-0.2, -0.15) is 0 Å². The van der Waals surface area contributed by atoms with Gasteiger partial charge >= 0.3 is 0 Å². The SMILES string of the molecule is O=C(CSc1nc(-c2ccccc2)cc(=O)[nH]1)NCCc1ccc(Cl)cc1. The molecule has 0 aliphatic heterocycles. The molecule has 3 rings (SSSR count). The van der Waals surface area contributed by atoms with E-state index in [0.717, 1.165) is 17.5 Å². The van der Waals surface area contributed by atoms with Gasteiger partial charge in [-0.15, -0.1) is 0 Å². The quantitative estimate of drug-likeness (QED) is 0.470. The lowest BCUT2D eigenvalue weighted by atomic mass is 10.1. The summed E-state index contributed by atoms with van der Waals surface area (Å²) >= 11 is 7.06. The van der Waals surface area contributed by atoms with Crippen LogP contribution in [-0.4, -0.2) is 28.2 Å². The molecular weight excluding hydrogens is 382 g/mol. The summed E-state index contributed by atoms with van der Waals surface area (Å²) in [7, 11) is 0. The highest BCUT2D eigenvalue weighted by atomic mass is 35.5. The van der Waals surface area contributed by atoms with Gasteiger partial charge in [0.2, 0.25) is 5.91 Å². The van der Waals surface area contributed by atoms with E-state index in [1.807, 2.05) is 54.6 Å². The van der Waals surface area contributed by atoms with Crippen LogP contribution in [0.4, 0.5) is 0 Å². The topological polar surface area (TPSA) is 74.8 Å². The number of thioether (sulfide) groups is 1. The van der Waals surface area contributed by atoms with Crippen LogP contribution in [0.25, 0.3) is 11.3 Å². The Balaban J connectivity index is 1.52. The van der Waals surface area contributed by atoms with E-state index < -0.39 is 0 Å². The number of aromatic amines is 1. The first kappa shape index (κ1) is 19.2. The molecule has 0 spiro atoms. The number of carbonyl (C=O) groups is 1. The Kier molecular flexibility index (Phi) is 6.68. The fourth-order valence-corrected chi connectivity index (χ4v) is 3.27. The number of halogens is 1. The molecule has 0 bridgehead atoms. The van der Waals surface area contributed by atoms with Gasteiger partial charge in [-0.25, -0.2) is 4.98 Å². The number of hydrogen-bond donors (Lipinski definition) is 2. The molecule has 138 valence electrons. The zero-order valence-electron chi connectivity index (χ0n) is 14.4. The number of carbonyl (C=O) groups excluding carboxylic acids is 1. The molecule has 0 unspecified atom stereocenters. The van der Waals surface area contributed by atoms with Crippen molar-refractivity contribution in [2.24, 2.45) is 0 Å². The highest BCUT2D eigenvalue weighted by Crippen LogP contribution is 2.18. The molecule has 5 nitrogen and oxygen atoms in total. The van der Waals surface area contributed by atoms with Gasteiger partial charge in [-0.3, -0.25) is 9.59 Å². The molecule has 1 aromatic heterocycles. The lowest BCUT2D eigenvalue weighted by molar-refractivity contribution is -0.118. The molecule has 3 aromatic rings. The molecule has 0 aliphatic carbocycles. The molecule has 2 aromatic carbocycles. The Morgan fingerprint density at radius 1 is 1.11 bits per heavy atom. The van der Waals surface area contributed by atoms with E-state index in [9.17, 15) is 9.59 Å². The molecule has 2 N–H and O–H groups in total. The van der Waals surface area contributed by atoms with Crippen molar-refractivity contribution < 1.29 is 4.79 Å². The van der Waals surface area contributed by atoms with Gasteiger partial charge < -0.3 is 10.3 Å². The Morgan fingerprint density at radius 3 is 2.59 bits per heavy atom. The third-order valence-corrected chi connectivity index (χ3v) is 4.90. The van der Waals surface area contributed by atoms with Gasteiger partial charge in [0.1, 0.15) is 0 Å². The van der Waals surface area contributed by atoms with Crippen LogP contribution in [0.3, 0.4) is 0 Å². The lowest BCUT2D eigenvalue weighted by Crippen LogP contribution is -2.27. The summed E-state index contributed by atoms with van der Waals surface area (Å²) in [5.74, 6) is 0.0728. The van der Waals surface area contributed by atoms with Crippen LogP contribution < -0.4 is 10.9 Å². The molecule has 27 heavy (non-hydrogen) atoms. The fraction of sp³-hybridized carbons (Fsp3) is 0.150. The van der Waals surface area contributed by atoms with E-state index in [4.69, 9.17) is 11.6 Å². The number of nitrogens with one attached hydrogen (secondary N) is 2. The zero-order valence-corrected chi connectivity index (χ0v) is 16.0. The number of hydrogen-bond acceptors (Lipinski definition) is 4. The maximum atomic E-state index is 12.0. The Labute approximate surface area is 166 Å². The number of rotatable bonds is 7. The van der Waals surface area contributed by atoms with Crippen LogP contribution >= 0.6 is 23.4 Å². The summed E-state index contributed by atoms with van der Waals surface area (Å²) in [5.41, 5.74) is 2.31. The normalized spacial score (nSPS) is 10.6. The standard InChI is InChI=1S/C20H18ClN3O2S/c21-16-8-6-14(7-9-16)10-11-22-19(26)13-27-20-23-17(12-18(25)24-20)15-4-2-1-3-5-15/h1-9,12H,10-11,13H2,(H,22,26)(H,23,24,25). The molecular formula is C20H18ClN3O2S. The van der Waals surface area contributed by atoms with Crippen LogP contribution in [0.1, 0.15) is 5.56 Å². The third kappa shape index (κ3) is 5.98. The maximum Gasteiger partial charge on any atom is 0.252 e. The highest BCUT2D eigenvalue weighted by Gasteiger charge is 2.07. The van der Waals surface area contributed by atoms with Gasteiger partial charge in [0.05, 0.1) is 11.4 Å². The van der Waals surface area contributed by atoms with Crippen molar-refractivity contribution in [1.29, 1.82) is 0 Å². The van der Waals surface area contributed by atoms with E-state index in [-0.39, 0.29) is 17.2 Å². The van der Waals surface area contributed by atoms with E-state index in [1.165, 1.54) is 17.8 Å². The summed E-state index contributed by atoms with van der Waals surface area (Å²) < 4.78 is 0. The van der Waals surface area contributed by atoms with Crippen molar-refractivity contribution in [3.63, 3.8) is 0 Å². The molecule has 7 heteroatoms. The lowest BCUT2D eigenvalue weighted by Gasteiger charge is -2.06. The van der Waals surface area contributed by atoms with Gasteiger partial charge in [0.25, 0.3) is 5.56 Å². The van der Waals surface area contributed by atoms with Gasteiger partial charge in [-0.05, 0) is 24.1 Å². The second-order valence-electron chi connectivity index (χ2n) is 5.82. The second-order valence-corrected chi connectivity index (χ2v) is 7.22. The van der Waals surface area contributed by atoms with Crippen molar-refractivity contribution in [3.05, 3.63) is 81.6 Å². The predicted octanol–water partition coefficient (Wildman–Crippen LogP) is 3.54. The van der Waals surface area contributed by atoms with Crippen LogP contribution in [0.2, 0.25) is 5.02 Å². The summed E-state index contributed by atoms with van der Waals surface area (Å²) in [6, 6.07) is 18.4. The van der Waals surface area contributed by atoms with Crippen molar-refractivity contribution >= 4 is 29.3 Å². The molecule has 0 saturated carbocycles. The molecule has 1 amide bonds. The number of nitrogens with zero attached hydrogens (tertiary/aromatic N) is 1. The second kappa shape index (κ2) is 9.39. The summed E-state index contributed by atoms with van der Waals surface area (Å²) in [6.45, 7) is 0.537. The molecule has 1 heterocycles. The van der Waals surface area contributed by atoms with E-state index in [0.29, 0.717) is 22.4 Å². The zero-order chi connectivity index (χ0) is 19.1. The maximum absolute atomic E-state index is 12.0. The fourth-order valence-electron chi connectivity index (χ4n) is 2.44. The van der Waals surface area contributed by atoms with Gasteiger partial charge in [-0.1, -0.05) is 65.8 Å². The summed E-state index contributed by atoms with van der Waals surface area (Å²) in [6.07, 6.45) is 0.728. The molecule has 0 saturated heterocycles.